The molecule has 12 heteroatoms. The summed E-state index contributed by atoms with van der Waals surface area (Å²) in [6.45, 7) is 18.3. The monoisotopic (exact) mass is 541 g/mol. The number of azide groups is 1. The quantitative estimate of drug-likeness (QED) is 0.167. The minimum atomic E-state index is -2.20. The number of hydrogen-bond acceptors (Lipinski definition) is 9. The van der Waals surface area contributed by atoms with Crippen molar-refractivity contribution < 1.29 is 38.0 Å². The Morgan fingerprint density at radius 2 is 1.84 bits per heavy atom. The van der Waals surface area contributed by atoms with Crippen molar-refractivity contribution in [3.05, 3.63) is 22.1 Å². The first-order valence-electron chi connectivity index (χ1n) is 13.1. The molecule has 4 rings (SSSR count). The first-order valence-corrected chi connectivity index (χ1v) is 16.0. The molecule has 37 heavy (non-hydrogen) atoms. The van der Waals surface area contributed by atoms with Crippen LogP contribution in [0.3, 0.4) is 0 Å². The fraction of sp³-hybridized carbons (Fsp3) is 0.920. The van der Waals surface area contributed by atoms with Gasteiger partial charge in [0.1, 0.15) is 24.4 Å². The largest absolute Gasteiger partial charge is 0.413 e. The molecule has 0 spiro atoms. The van der Waals surface area contributed by atoms with E-state index in [1.165, 1.54) is 0 Å². The number of rotatable bonds is 7. The number of aliphatic hydroxyl groups is 1. The van der Waals surface area contributed by atoms with Crippen molar-refractivity contribution in [3.8, 4) is 0 Å². The van der Waals surface area contributed by atoms with Crippen LogP contribution < -0.4 is 0 Å². The van der Waals surface area contributed by atoms with Gasteiger partial charge in [0.15, 0.2) is 26.2 Å². The summed E-state index contributed by atoms with van der Waals surface area (Å²) in [6.07, 6.45) is -1.20. The lowest BCUT2D eigenvalue weighted by molar-refractivity contribution is -0.239. The number of nitrogens with zero attached hydrogens (tertiary/aromatic N) is 3. The number of fused-ring (bicyclic) bond motifs is 1. The van der Waals surface area contributed by atoms with Crippen LogP contribution in [0.2, 0.25) is 18.1 Å². The average molecular weight is 542 g/mol. The lowest BCUT2D eigenvalue weighted by atomic mass is 9.90. The van der Waals surface area contributed by atoms with Crippen molar-refractivity contribution in [2.75, 3.05) is 13.2 Å². The van der Waals surface area contributed by atoms with Crippen molar-refractivity contribution in [1.29, 1.82) is 0 Å². The van der Waals surface area contributed by atoms with E-state index in [-0.39, 0.29) is 17.7 Å². The maximum absolute atomic E-state index is 10.2. The van der Waals surface area contributed by atoms with Crippen LogP contribution in [-0.2, 0) is 32.8 Å². The van der Waals surface area contributed by atoms with Crippen LogP contribution in [0.15, 0.2) is 16.8 Å². The Morgan fingerprint density at radius 1 is 1.14 bits per heavy atom. The molecule has 1 aliphatic carbocycles. The number of ether oxygens (including phenoxy) is 6. The molecule has 8 atom stereocenters. The molecule has 0 saturated carbocycles. The van der Waals surface area contributed by atoms with Gasteiger partial charge < -0.3 is 38.0 Å². The third-order valence-corrected chi connectivity index (χ3v) is 12.5. The maximum Gasteiger partial charge on any atom is 0.192 e. The highest BCUT2D eigenvalue weighted by atomic mass is 28.4. The minimum absolute atomic E-state index is 0.0317. The molecule has 3 fully saturated rings. The Labute approximate surface area is 220 Å². The summed E-state index contributed by atoms with van der Waals surface area (Å²) in [5, 5.41) is 14.2. The lowest BCUT2D eigenvalue weighted by Crippen LogP contribution is -2.51. The van der Waals surface area contributed by atoms with Gasteiger partial charge in [0.05, 0.1) is 31.5 Å². The minimum Gasteiger partial charge on any atom is -0.413 e. The van der Waals surface area contributed by atoms with Gasteiger partial charge in [-0.15, -0.1) is 0 Å². The average Bonchev–Trinajstić information content (AvgIpc) is 3.38. The summed E-state index contributed by atoms with van der Waals surface area (Å²) < 4.78 is 43.8. The Morgan fingerprint density at radius 3 is 2.41 bits per heavy atom. The van der Waals surface area contributed by atoms with Gasteiger partial charge in [-0.3, -0.25) is 0 Å². The molecule has 0 aromatic carbocycles. The third-order valence-electron chi connectivity index (χ3n) is 7.99. The molecule has 3 heterocycles. The molecule has 3 aliphatic heterocycles. The van der Waals surface area contributed by atoms with Gasteiger partial charge in [-0.25, -0.2) is 0 Å². The van der Waals surface area contributed by atoms with E-state index in [0.29, 0.717) is 18.6 Å². The van der Waals surface area contributed by atoms with Gasteiger partial charge in [0.25, 0.3) is 0 Å². The van der Waals surface area contributed by atoms with Crippen molar-refractivity contribution in [2.24, 2.45) is 5.11 Å². The molecule has 0 aromatic heterocycles. The zero-order valence-electron chi connectivity index (χ0n) is 23.5. The second-order valence-electron chi connectivity index (χ2n) is 12.8. The van der Waals surface area contributed by atoms with Crippen LogP contribution in [0.1, 0.15) is 54.9 Å². The van der Waals surface area contributed by atoms with E-state index in [1.807, 2.05) is 27.7 Å². The van der Waals surface area contributed by atoms with Crippen LogP contribution in [0.4, 0.5) is 0 Å². The van der Waals surface area contributed by atoms with Gasteiger partial charge in [0, 0.05) is 11.3 Å². The van der Waals surface area contributed by atoms with Crippen LogP contribution in [0.25, 0.3) is 10.4 Å². The van der Waals surface area contributed by atoms with E-state index in [1.54, 1.807) is 6.08 Å². The molecule has 0 unspecified atom stereocenters. The summed E-state index contributed by atoms with van der Waals surface area (Å²) >= 11 is 0. The van der Waals surface area contributed by atoms with Crippen LogP contribution in [0.5, 0.6) is 0 Å². The second-order valence-corrected chi connectivity index (χ2v) is 17.5. The van der Waals surface area contributed by atoms with Gasteiger partial charge in [-0.2, -0.15) is 0 Å². The summed E-state index contributed by atoms with van der Waals surface area (Å²) in [4.78, 5) is 3.04. The molecule has 1 N–H and O–H groups in total. The Hall–Kier alpha value is -1.05. The third kappa shape index (κ3) is 6.09. The zero-order valence-corrected chi connectivity index (χ0v) is 24.5. The first-order chi connectivity index (χ1) is 17.1. The number of hydrogen-bond donors (Lipinski definition) is 1. The van der Waals surface area contributed by atoms with Crippen LogP contribution >= 0.6 is 0 Å². The van der Waals surface area contributed by atoms with Gasteiger partial charge >= 0.3 is 0 Å². The highest BCUT2D eigenvalue weighted by Crippen LogP contribution is 2.44. The van der Waals surface area contributed by atoms with E-state index < -0.39 is 62.7 Å². The summed E-state index contributed by atoms with van der Waals surface area (Å²) in [5.41, 5.74) is 9.85. The molecule has 4 aliphatic rings. The molecule has 11 nitrogen and oxygen atoms in total. The highest BCUT2D eigenvalue weighted by molar-refractivity contribution is 6.74. The van der Waals surface area contributed by atoms with Crippen molar-refractivity contribution in [1.82, 2.24) is 0 Å². The van der Waals surface area contributed by atoms with E-state index in [2.05, 4.69) is 43.9 Å². The fourth-order valence-corrected chi connectivity index (χ4v) is 6.44. The molecule has 0 aromatic rings. The smallest absolute Gasteiger partial charge is 0.192 e. The SMILES string of the molecule is CC1(C)O[C@H]2O[C@H]([C@H]3COC(C)(C)O3)[C@H](O[C@@H]3C[C@H](O[Si](C)(C)C(C)(C)C)[C@@H](N=[N+]=[N-])C=C3CO)[C@H]2O1. The molecular weight excluding hydrogens is 498 g/mol. The molecule has 0 amide bonds. The van der Waals surface area contributed by atoms with E-state index in [9.17, 15) is 10.6 Å². The fourth-order valence-electron chi connectivity index (χ4n) is 5.10. The zero-order chi connectivity index (χ0) is 27.4. The molecule has 0 radical (unpaired) electrons. The first kappa shape index (κ1) is 28.9. The molecular formula is C25H43N3O8Si. The van der Waals surface area contributed by atoms with E-state index in [4.69, 9.17) is 32.8 Å². The van der Waals surface area contributed by atoms with Crippen molar-refractivity contribution in [2.45, 2.75) is 134 Å². The molecule has 0 bridgehead atoms. The van der Waals surface area contributed by atoms with E-state index in [0.717, 1.165) is 0 Å². The van der Waals surface area contributed by atoms with E-state index >= 15 is 0 Å². The summed E-state index contributed by atoms with van der Waals surface area (Å²) in [5.74, 6) is -1.56. The predicted octanol–water partition coefficient (Wildman–Crippen LogP) is 4.16. The van der Waals surface area contributed by atoms with Crippen LogP contribution in [0, 0.1) is 0 Å². The standard InChI is InChI=1S/C25H43N3O8Si/c1-23(2,3)37(8,9)36-17-11-16(14(12-29)10-15(17)27-28-26)31-20-19(18-13-30-24(4,5)33-18)32-22-21(20)34-25(6,7)35-22/h10,15-22,29H,11-13H2,1-9H3/t15-,16+,17-,18+,19+,20-,21+,22+/m0/s1. The second kappa shape index (κ2) is 10.2. The Bertz CT molecular complexity index is 929. The van der Waals surface area contributed by atoms with Crippen LogP contribution in [-0.4, -0.2) is 87.2 Å². The van der Waals surface area contributed by atoms with Crippen molar-refractivity contribution >= 4 is 8.32 Å². The maximum atomic E-state index is 10.2. The van der Waals surface area contributed by atoms with Gasteiger partial charge in [-0.05, 0) is 56.9 Å². The highest BCUT2D eigenvalue weighted by Gasteiger charge is 2.59. The molecule has 210 valence electrons. The number of aliphatic hydroxyl groups excluding tert-OH is 1. The normalized spacial score (nSPS) is 39.2. The van der Waals surface area contributed by atoms with Crippen molar-refractivity contribution in [3.63, 3.8) is 0 Å². The van der Waals surface area contributed by atoms with Gasteiger partial charge in [-0.1, -0.05) is 32.0 Å². The lowest BCUT2D eigenvalue weighted by Gasteiger charge is -2.43. The summed E-state index contributed by atoms with van der Waals surface area (Å²) in [7, 11) is -2.20. The van der Waals surface area contributed by atoms with Gasteiger partial charge in [0.2, 0.25) is 0 Å². The predicted molar refractivity (Wildman–Crippen MR) is 137 cm³/mol. The topological polar surface area (TPSA) is 134 Å². The summed E-state index contributed by atoms with van der Waals surface area (Å²) in [6, 6.07) is -0.540. The molecule has 3 saturated heterocycles. The Kier molecular flexibility index (Phi) is 7.95. The Balaban J connectivity index is 1.61.